The van der Waals surface area contributed by atoms with E-state index in [4.69, 9.17) is 0 Å². The van der Waals surface area contributed by atoms with Gasteiger partial charge >= 0.3 is 0 Å². The Morgan fingerprint density at radius 3 is 2.95 bits per heavy atom. The van der Waals surface area contributed by atoms with E-state index in [9.17, 15) is 0 Å². The summed E-state index contributed by atoms with van der Waals surface area (Å²) in [4.78, 5) is 2.52. The highest BCUT2D eigenvalue weighted by Gasteiger charge is 2.38. The summed E-state index contributed by atoms with van der Waals surface area (Å²) >= 11 is 0. The largest absolute Gasteiger partial charge is 0.370 e. The first-order valence-electron chi connectivity index (χ1n) is 7.10. The summed E-state index contributed by atoms with van der Waals surface area (Å²) in [5.41, 5.74) is 2.76. The quantitative estimate of drug-likeness (QED) is 0.836. The molecular formula is C14H19N5. The normalized spacial score (nSPS) is 22.4. The van der Waals surface area contributed by atoms with Crippen LogP contribution in [-0.2, 0) is 0 Å². The Balaban J connectivity index is 1.59. The molecule has 0 bridgehead atoms. The number of nitrogens with zero attached hydrogens (tertiary/aromatic N) is 4. The maximum atomic E-state index is 4.06. The maximum Gasteiger partial charge on any atom is 0.160 e. The van der Waals surface area contributed by atoms with E-state index in [-0.39, 0.29) is 0 Å². The summed E-state index contributed by atoms with van der Waals surface area (Å²) in [6.45, 7) is 4.73. The van der Waals surface area contributed by atoms with Gasteiger partial charge in [0, 0.05) is 19.3 Å². The van der Waals surface area contributed by atoms with Gasteiger partial charge < -0.3 is 10.2 Å². The van der Waals surface area contributed by atoms with Gasteiger partial charge in [0.1, 0.15) is 6.33 Å². The zero-order valence-corrected chi connectivity index (χ0v) is 11.0. The zero-order chi connectivity index (χ0) is 12.7. The fourth-order valence-corrected chi connectivity index (χ4v) is 3.52. The molecule has 2 fully saturated rings. The Hall–Kier alpha value is -1.62. The average Bonchev–Trinajstić information content (AvgIpc) is 3.06. The highest BCUT2D eigenvalue weighted by atomic mass is 15.2. The van der Waals surface area contributed by atoms with E-state index >= 15 is 0 Å². The Bertz CT molecular complexity index is 584. The van der Waals surface area contributed by atoms with Crippen LogP contribution in [0.25, 0.3) is 5.65 Å². The molecule has 5 heteroatoms. The lowest BCUT2D eigenvalue weighted by molar-refractivity contribution is 0.232. The van der Waals surface area contributed by atoms with E-state index in [1.165, 1.54) is 51.1 Å². The summed E-state index contributed by atoms with van der Waals surface area (Å²) < 4.78 is 2.00. The van der Waals surface area contributed by atoms with Crippen LogP contribution < -0.4 is 10.2 Å². The molecule has 2 saturated heterocycles. The number of aromatic nitrogens is 3. The molecule has 0 unspecified atom stereocenters. The molecule has 2 aromatic rings. The third kappa shape index (κ3) is 1.89. The van der Waals surface area contributed by atoms with Crippen LogP contribution in [0, 0.1) is 5.41 Å². The summed E-state index contributed by atoms with van der Waals surface area (Å²) in [6, 6.07) is 4.22. The van der Waals surface area contributed by atoms with Crippen molar-refractivity contribution in [3.63, 3.8) is 0 Å². The van der Waals surface area contributed by atoms with E-state index in [2.05, 4.69) is 38.7 Å². The topological polar surface area (TPSA) is 45.5 Å². The van der Waals surface area contributed by atoms with Gasteiger partial charge in [-0.15, -0.1) is 10.2 Å². The van der Waals surface area contributed by atoms with Gasteiger partial charge in [-0.2, -0.15) is 0 Å². The fourth-order valence-electron chi connectivity index (χ4n) is 3.52. The second-order valence-electron chi connectivity index (χ2n) is 5.91. The van der Waals surface area contributed by atoms with Gasteiger partial charge in [-0.1, -0.05) is 0 Å². The van der Waals surface area contributed by atoms with E-state index in [0.29, 0.717) is 5.41 Å². The number of fused-ring (bicyclic) bond motifs is 1. The molecular weight excluding hydrogens is 238 g/mol. The Labute approximate surface area is 112 Å². The zero-order valence-electron chi connectivity index (χ0n) is 11.0. The van der Waals surface area contributed by atoms with Gasteiger partial charge in [-0.05, 0) is 49.9 Å². The first kappa shape index (κ1) is 11.2. The Morgan fingerprint density at radius 2 is 2.05 bits per heavy atom. The van der Waals surface area contributed by atoms with Crippen LogP contribution in [0.2, 0.25) is 0 Å². The highest BCUT2D eigenvalue weighted by Crippen LogP contribution is 2.40. The van der Waals surface area contributed by atoms with Gasteiger partial charge in [0.15, 0.2) is 5.65 Å². The average molecular weight is 257 g/mol. The standard InChI is InChI=1S/C14H19N5/c1-2-13-17-16-11-19(13)9-12(1)18-8-5-14(10-18)3-6-15-7-4-14/h1-2,9,11,15H,3-8,10H2. The minimum absolute atomic E-state index is 0.549. The monoisotopic (exact) mass is 257 g/mol. The molecule has 0 aliphatic carbocycles. The van der Waals surface area contributed by atoms with Crippen molar-refractivity contribution in [2.75, 3.05) is 31.1 Å². The first-order chi connectivity index (χ1) is 9.35. The summed E-state index contributed by atoms with van der Waals surface area (Å²) in [6.07, 6.45) is 7.89. The molecule has 0 aromatic carbocycles. The molecule has 2 aliphatic heterocycles. The Morgan fingerprint density at radius 1 is 1.16 bits per heavy atom. The SMILES string of the molecule is c1cc2nncn2cc1N1CCC2(CCNCC2)C1. The van der Waals surface area contributed by atoms with Crippen LogP contribution in [0.15, 0.2) is 24.7 Å². The van der Waals surface area contributed by atoms with Gasteiger partial charge in [-0.3, -0.25) is 4.40 Å². The van der Waals surface area contributed by atoms with Crippen molar-refractivity contribution in [3.05, 3.63) is 24.7 Å². The van der Waals surface area contributed by atoms with Crippen molar-refractivity contribution < 1.29 is 0 Å². The number of pyridine rings is 1. The molecule has 5 nitrogen and oxygen atoms in total. The van der Waals surface area contributed by atoms with E-state index in [0.717, 1.165) is 5.65 Å². The predicted octanol–water partition coefficient (Wildman–Crippen LogP) is 1.31. The summed E-state index contributed by atoms with van der Waals surface area (Å²) in [5.74, 6) is 0. The van der Waals surface area contributed by atoms with Gasteiger partial charge in [0.05, 0.1) is 5.69 Å². The van der Waals surface area contributed by atoms with Crippen molar-refractivity contribution >= 4 is 11.3 Å². The predicted molar refractivity (Wildman–Crippen MR) is 74.4 cm³/mol. The van der Waals surface area contributed by atoms with Crippen LogP contribution in [0.5, 0.6) is 0 Å². The first-order valence-corrected chi connectivity index (χ1v) is 7.10. The van der Waals surface area contributed by atoms with Crippen LogP contribution in [0.1, 0.15) is 19.3 Å². The molecule has 4 rings (SSSR count). The molecule has 0 atom stereocenters. The second-order valence-corrected chi connectivity index (χ2v) is 5.91. The van der Waals surface area contributed by atoms with Crippen molar-refractivity contribution in [3.8, 4) is 0 Å². The van der Waals surface area contributed by atoms with Crippen molar-refractivity contribution in [1.29, 1.82) is 0 Å². The molecule has 1 spiro atoms. The van der Waals surface area contributed by atoms with Crippen molar-refractivity contribution in [1.82, 2.24) is 19.9 Å². The molecule has 0 radical (unpaired) electrons. The third-order valence-electron chi connectivity index (χ3n) is 4.74. The van der Waals surface area contributed by atoms with Crippen LogP contribution in [-0.4, -0.2) is 40.8 Å². The maximum absolute atomic E-state index is 4.06. The third-order valence-corrected chi connectivity index (χ3v) is 4.74. The molecule has 2 aliphatic rings. The van der Waals surface area contributed by atoms with E-state index in [1.54, 1.807) is 6.33 Å². The lowest BCUT2D eigenvalue weighted by Crippen LogP contribution is -2.38. The van der Waals surface area contributed by atoms with Crippen molar-refractivity contribution in [2.45, 2.75) is 19.3 Å². The molecule has 19 heavy (non-hydrogen) atoms. The minimum Gasteiger partial charge on any atom is -0.370 e. The lowest BCUT2D eigenvalue weighted by atomic mass is 9.78. The van der Waals surface area contributed by atoms with Gasteiger partial charge in [0.25, 0.3) is 0 Å². The molecule has 2 aromatic heterocycles. The number of piperidine rings is 1. The number of anilines is 1. The molecule has 4 heterocycles. The van der Waals surface area contributed by atoms with Gasteiger partial charge in [0.2, 0.25) is 0 Å². The number of rotatable bonds is 1. The number of hydrogen-bond donors (Lipinski definition) is 1. The van der Waals surface area contributed by atoms with E-state index in [1.807, 2.05) is 4.40 Å². The number of nitrogens with one attached hydrogen (secondary N) is 1. The smallest absolute Gasteiger partial charge is 0.160 e. The molecule has 0 saturated carbocycles. The molecule has 1 N–H and O–H groups in total. The molecule has 0 amide bonds. The van der Waals surface area contributed by atoms with Crippen LogP contribution in [0.4, 0.5) is 5.69 Å². The molecule has 100 valence electrons. The highest BCUT2D eigenvalue weighted by molar-refractivity contribution is 5.52. The van der Waals surface area contributed by atoms with Gasteiger partial charge in [-0.25, -0.2) is 0 Å². The summed E-state index contributed by atoms with van der Waals surface area (Å²) in [5, 5.41) is 11.5. The number of hydrogen-bond acceptors (Lipinski definition) is 4. The minimum atomic E-state index is 0.549. The van der Waals surface area contributed by atoms with E-state index < -0.39 is 0 Å². The fraction of sp³-hybridized carbons (Fsp3) is 0.571. The van der Waals surface area contributed by atoms with Crippen LogP contribution >= 0.6 is 0 Å². The lowest BCUT2D eigenvalue weighted by Gasteiger charge is -2.34. The van der Waals surface area contributed by atoms with Crippen LogP contribution in [0.3, 0.4) is 0 Å². The summed E-state index contributed by atoms with van der Waals surface area (Å²) in [7, 11) is 0. The Kier molecular flexibility index (Phi) is 2.48. The van der Waals surface area contributed by atoms with Crippen molar-refractivity contribution in [2.24, 2.45) is 5.41 Å². The second kappa shape index (κ2) is 4.20.